The Morgan fingerprint density at radius 3 is 2.49 bits per heavy atom. The highest BCUT2D eigenvalue weighted by Gasteiger charge is 2.17. The molecule has 3 aromatic rings. The number of hydrogen-bond acceptors (Lipinski definition) is 5. The fraction of sp³-hybridized carbons (Fsp3) is 0.353. The van der Waals surface area contributed by atoms with Gasteiger partial charge in [0.1, 0.15) is 0 Å². The maximum Gasteiger partial charge on any atom is 0.251 e. The molecule has 1 N–H and O–H groups in total. The van der Waals surface area contributed by atoms with Crippen LogP contribution in [0.4, 0.5) is 5.69 Å². The molecule has 5 nitrogen and oxygen atoms in total. The van der Waals surface area contributed by atoms with E-state index in [-0.39, 0.29) is 5.91 Å². The number of carbonyl (C=O) groups excluding carboxylic acids is 2. The first-order chi connectivity index (χ1) is 19.9. The number of amides is 1. The van der Waals surface area contributed by atoms with E-state index in [9.17, 15) is 9.59 Å². The number of nitrogens with zero attached hydrogens (tertiary/aromatic N) is 2. The Bertz CT molecular complexity index is 1320. The van der Waals surface area contributed by atoms with Gasteiger partial charge in [0.2, 0.25) is 0 Å². The Morgan fingerprint density at radius 1 is 1.00 bits per heavy atom. The molecule has 7 heteroatoms. The number of benzene rings is 3. The molecule has 0 bridgehead atoms. The summed E-state index contributed by atoms with van der Waals surface area (Å²) in [6.45, 7) is 2.36. The maximum atomic E-state index is 12.7. The minimum Gasteiger partial charge on any atom is -0.369 e. The summed E-state index contributed by atoms with van der Waals surface area (Å²) in [6, 6.07) is 24.0. The summed E-state index contributed by atoms with van der Waals surface area (Å²) < 4.78 is 0. The molecule has 0 spiro atoms. The molecule has 0 aliphatic heterocycles. The third kappa shape index (κ3) is 9.49. The molecule has 0 saturated heterocycles. The van der Waals surface area contributed by atoms with Crippen molar-refractivity contribution in [2.24, 2.45) is 0 Å². The SMILES string of the molecule is CN(Cc1cccc(Cl)c1)c1ccccc1S/C(C=O)=C\c1ccc(C(=O)NCCCN(C)C2CCCCC2)cc1. The summed E-state index contributed by atoms with van der Waals surface area (Å²) in [4.78, 5) is 30.8. The van der Waals surface area contributed by atoms with E-state index in [0.717, 1.165) is 41.0 Å². The van der Waals surface area contributed by atoms with Gasteiger partial charge in [-0.1, -0.05) is 79.0 Å². The van der Waals surface area contributed by atoms with E-state index in [1.807, 2.05) is 73.8 Å². The molecular formula is C34H40ClN3O2S. The fourth-order valence-corrected chi connectivity index (χ4v) is 6.48. The molecule has 4 rings (SSSR count). The van der Waals surface area contributed by atoms with Gasteiger partial charge in [0.25, 0.3) is 5.91 Å². The number of halogens is 1. The molecule has 0 atom stereocenters. The largest absolute Gasteiger partial charge is 0.369 e. The molecule has 0 radical (unpaired) electrons. The third-order valence-electron chi connectivity index (χ3n) is 7.58. The molecule has 1 fully saturated rings. The van der Waals surface area contributed by atoms with Gasteiger partial charge in [0.15, 0.2) is 6.29 Å². The smallest absolute Gasteiger partial charge is 0.251 e. The molecule has 41 heavy (non-hydrogen) atoms. The van der Waals surface area contributed by atoms with Gasteiger partial charge in [0.05, 0.1) is 10.6 Å². The number of allylic oxidation sites excluding steroid dienone is 1. The quantitative estimate of drug-likeness (QED) is 0.0958. The van der Waals surface area contributed by atoms with Crippen LogP contribution in [0.1, 0.15) is 60.0 Å². The van der Waals surface area contributed by atoms with Crippen LogP contribution in [-0.4, -0.2) is 50.3 Å². The highest BCUT2D eigenvalue weighted by atomic mass is 35.5. The number of hydrogen-bond donors (Lipinski definition) is 1. The normalized spacial score (nSPS) is 14.2. The summed E-state index contributed by atoms with van der Waals surface area (Å²) in [5.41, 5.74) is 3.63. The Hall–Kier alpha value is -3.06. The van der Waals surface area contributed by atoms with Crippen LogP contribution >= 0.6 is 23.4 Å². The van der Waals surface area contributed by atoms with Crippen LogP contribution in [0.3, 0.4) is 0 Å². The van der Waals surface area contributed by atoms with E-state index in [1.54, 1.807) is 0 Å². The van der Waals surface area contributed by atoms with Crippen molar-refractivity contribution in [2.45, 2.75) is 56.0 Å². The van der Waals surface area contributed by atoms with E-state index in [2.05, 4.69) is 34.3 Å². The molecule has 3 aromatic carbocycles. The van der Waals surface area contributed by atoms with Crippen molar-refractivity contribution in [3.8, 4) is 0 Å². The van der Waals surface area contributed by atoms with E-state index in [1.165, 1.54) is 43.9 Å². The minimum absolute atomic E-state index is 0.0671. The molecule has 0 unspecified atom stereocenters. The molecule has 1 aliphatic carbocycles. The number of thioether (sulfide) groups is 1. The zero-order valence-electron chi connectivity index (χ0n) is 24.0. The summed E-state index contributed by atoms with van der Waals surface area (Å²) in [6.07, 6.45) is 10.3. The van der Waals surface area contributed by atoms with E-state index in [0.29, 0.717) is 34.6 Å². The van der Waals surface area contributed by atoms with Crippen LogP contribution in [0.15, 0.2) is 82.6 Å². The second-order valence-corrected chi connectivity index (χ2v) is 12.3. The summed E-state index contributed by atoms with van der Waals surface area (Å²) >= 11 is 7.60. The van der Waals surface area contributed by atoms with E-state index >= 15 is 0 Å². The number of nitrogens with one attached hydrogen (secondary N) is 1. The first-order valence-corrected chi connectivity index (χ1v) is 15.6. The molecule has 0 aromatic heterocycles. The van der Waals surface area contributed by atoms with Gasteiger partial charge in [-0.2, -0.15) is 0 Å². The number of carbonyl (C=O) groups is 2. The molecule has 216 valence electrons. The van der Waals surface area contributed by atoms with Crippen molar-refractivity contribution in [3.05, 3.63) is 99.4 Å². The van der Waals surface area contributed by atoms with Gasteiger partial charge in [-0.15, -0.1) is 0 Å². The first-order valence-electron chi connectivity index (χ1n) is 14.4. The Morgan fingerprint density at radius 2 is 1.76 bits per heavy atom. The van der Waals surface area contributed by atoms with Crippen molar-refractivity contribution < 1.29 is 9.59 Å². The number of para-hydroxylation sites is 1. The Kier molecular flexibility index (Phi) is 11.9. The standard InChI is InChI=1S/C34H40ClN3O2S/c1-37(30-12-4-3-5-13-30)21-9-20-36-34(40)28-18-16-26(17-19-28)23-31(25-39)41-33-15-7-6-14-32(33)38(2)24-27-10-8-11-29(35)22-27/h6-8,10-11,14-19,22-23,25,30H,3-5,9,12-13,20-21,24H2,1-2H3,(H,36,40)/b31-23-. The highest BCUT2D eigenvalue weighted by molar-refractivity contribution is 8.04. The monoisotopic (exact) mass is 589 g/mol. The molecule has 1 aliphatic rings. The maximum absolute atomic E-state index is 12.7. The molecular weight excluding hydrogens is 550 g/mol. The Balaban J connectivity index is 1.31. The van der Waals surface area contributed by atoms with Crippen LogP contribution in [0.2, 0.25) is 5.02 Å². The Labute approximate surface area is 254 Å². The minimum atomic E-state index is -0.0671. The topological polar surface area (TPSA) is 52.7 Å². The lowest BCUT2D eigenvalue weighted by Gasteiger charge is -2.31. The zero-order chi connectivity index (χ0) is 29.0. The predicted octanol–water partition coefficient (Wildman–Crippen LogP) is 7.69. The third-order valence-corrected chi connectivity index (χ3v) is 8.83. The summed E-state index contributed by atoms with van der Waals surface area (Å²) in [5, 5.41) is 3.76. The van der Waals surface area contributed by atoms with Crippen LogP contribution in [0.5, 0.6) is 0 Å². The van der Waals surface area contributed by atoms with Crippen molar-refractivity contribution in [2.75, 3.05) is 32.1 Å². The van der Waals surface area contributed by atoms with Gasteiger partial charge >= 0.3 is 0 Å². The highest BCUT2D eigenvalue weighted by Crippen LogP contribution is 2.35. The van der Waals surface area contributed by atoms with Crippen LogP contribution in [-0.2, 0) is 11.3 Å². The lowest BCUT2D eigenvalue weighted by molar-refractivity contribution is -0.104. The molecule has 0 heterocycles. The molecule has 1 saturated carbocycles. The van der Waals surface area contributed by atoms with Gasteiger partial charge in [-0.3, -0.25) is 9.59 Å². The summed E-state index contributed by atoms with van der Waals surface area (Å²) in [7, 11) is 4.23. The fourth-order valence-electron chi connectivity index (χ4n) is 5.30. The van der Waals surface area contributed by atoms with Crippen molar-refractivity contribution in [1.29, 1.82) is 0 Å². The second-order valence-electron chi connectivity index (χ2n) is 10.7. The lowest BCUT2D eigenvalue weighted by atomic mass is 9.94. The number of aldehydes is 1. The second kappa shape index (κ2) is 15.8. The predicted molar refractivity (Wildman–Crippen MR) is 173 cm³/mol. The molecule has 1 amide bonds. The average molecular weight is 590 g/mol. The first kappa shape index (κ1) is 30.9. The van der Waals surface area contributed by atoms with Crippen molar-refractivity contribution in [1.82, 2.24) is 10.2 Å². The van der Waals surface area contributed by atoms with Crippen LogP contribution in [0, 0.1) is 0 Å². The van der Waals surface area contributed by atoms with Gasteiger partial charge in [-0.05, 0) is 86.5 Å². The van der Waals surface area contributed by atoms with Crippen molar-refractivity contribution >= 4 is 47.3 Å². The number of anilines is 1. The van der Waals surface area contributed by atoms with E-state index < -0.39 is 0 Å². The average Bonchev–Trinajstić information content (AvgIpc) is 2.99. The van der Waals surface area contributed by atoms with Crippen LogP contribution < -0.4 is 10.2 Å². The number of rotatable bonds is 13. The van der Waals surface area contributed by atoms with Gasteiger partial charge in [-0.25, -0.2) is 0 Å². The van der Waals surface area contributed by atoms with Crippen LogP contribution in [0.25, 0.3) is 6.08 Å². The van der Waals surface area contributed by atoms with Crippen molar-refractivity contribution in [3.63, 3.8) is 0 Å². The van der Waals surface area contributed by atoms with E-state index in [4.69, 9.17) is 11.6 Å². The zero-order valence-corrected chi connectivity index (χ0v) is 25.6. The summed E-state index contributed by atoms with van der Waals surface area (Å²) in [5.74, 6) is -0.0671. The van der Waals surface area contributed by atoms with Gasteiger partial charge in [0, 0.05) is 41.7 Å². The van der Waals surface area contributed by atoms with Gasteiger partial charge < -0.3 is 15.1 Å². The lowest BCUT2D eigenvalue weighted by Crippen LogP contribution is -2.35.